The first-order valence-corrected chi connectivity index (χ1v) is 10.5. The van der Waals surface area contributed by atoms with Gasteiger partial charge in [0.2, 0.25) is 5.76 Å². The summed E-state index contributed by atoms with van der Waals surface area (Å²) in [5, 5.41) is 2.91. The van der Waals surface area contributed by atoms with E-state index in [0.717, 1.165) is 30.8 Å². The SMILES string of the molecule is Cc1ccc(C#Cc2ccoc2C(=O)Nc2ccc(N3CCC(N(C)C)C3)cc2)cc1. The molecule has 2 aromatic carbocycles. The summed E-state index contributed by atoms with van der Waals surface area (Å²) < 4.78 is 5.42. The maximum Gasteiger partial charge on any atom is 0.292 e. The van der Waals surface area contributed by atoms with E-state index in [9.17, 15) is 4.79 Å². The summed E-state index contributed by atoms with van der Waals surface area (Å²) in [6.07, 6.45) is 2.65. The van der Waals surface area contributed by atoms with Crippen LogP contribution < -0.4 is 10.2 Å². The monoisotopic (exact) mass is 413 g/mol. The molecule has 1 saturated heterocycles. The van der Waals surface area contributed by atoms with E-state index in [1.54, 1.807) is 6.07 Å². The third-order valence-corrected chi connectivity index (χ3v) is 5.65. The quantitative estimate of drug-likeness (QED) is 0.645. The average Bonchev–Trinajstić information content (AvgIpc) is 3.44. The van der Waals surface area contributed by atoms with E-state index < -0.39 is 0 Å². The molecule has 1 aliphatic rings. The Morgan fingerprint density at radius 3 is 2.48 bits per heavy atom. The Morgan fingerprint density at radius 2 is 1.81 bits per heavy atom. The van der Waals surface area contributed by atoms with Crippen molar-refractivity contribution in [2.45, 2.75) is 19.4 Å². The third-order valence-electron chi connectivity index (χ3n) is 5.65. The van der Waals surface area contributed by atoms with Crippen LogP contribution in [0.4, 0.5) is 11.4 Å². The number of carbonyl (C=O) groups excluding carboxylic acids is 1. The van der Waals surface area contributed by atoms with E-state index in [1.807, 2.05) is 55.5 Å². The van der Waals surface area contributed by atoms with Crippen LogP contribution in [0.25, 0.3) is 0 Å². The average molecular weight is 414 g/mol. The van der Waals surface area contributed by atoms with Gasteiger partial charge in [-0.25, -0.2) is 0 Å². The van der Waals surface area contributed by atoms with E-state index >= 15 is 0 Å². The van der Waals surface area contributed by atoms with Gasteiger partial charge in [-0.1, -0.05) is 29.5 Å². The largest absolute Gasteiger partial charge is 0.458 e. The number of hydrogen-bond donors (Lipinski definition) is 1. The Balaban J connectivity index is 1.42. The molecule has 158 valence electrons. The second kappa shape index (κ2) is 9.11. The number of likely N-dealkylation sites (N-methyl/N-ethyl adjacent to an activating group) is 1. The molecule has 5 nitrogen and oxygen atoms in total. The standard InChI is InChI=1S/C26H27N3O2/c1-19-4-6-20(7-5-19)8-9-21-15-17-31-25(21)26(30)27-22-10-12-23(13-11-22)29-16-14-24(18-29)28(2)3/h4-7,10-13,15,17,24H,14,16,18H2,1-3H3,(H,27,30). The highest BCUT2D eigenvalue weighted by Gasteiger charge is 2.24. The maximum absolute atomic E-state index is 12.7. The van der Waals surface area contributed by atoms with Crippen LogP contribution in [0.3, 0.4) is 0 Å². The second-order valence-electron chi connectivity index (χ2n) is 8.13. The molecule has 4 rings (SSSR count). The lowest BCUT2D eigenvalue weighted by Gasteiger charge is -2.22. The number of amides is 1. The number of nitrogens with one attached hydrogen (secondary N) is 1. The lowest BCUT2D eigenvalue weighted by molar-refractivity contribution is 0.0996. The summed E-state index contributed by atoms with van der Waals surface area (Å²) >= 11 is 0. The minimum absolute atomic E-state index is 0.219. The van der Waals surface area contributed by atoms with Gasteiger partial charge in [-0.15, -0.1) is 0 Å². The molecule has 0 spiro atoms. The van der Waals surface area contributed by atoms with Gasteiger partial charge in [-0.3, -0.25) is 4.79 Å². The van der Waals surface area contributed by atoms with Crippen LogP contribution in [-0.4, -0.2) is 44.0 Å². The Labute approximate surface area is 183 Å². The summed E-state index contributed by atoms with van der Waals surface area (Å²) in [7, 11) is 4.25. The van der Waals surface area contributed by atoms with Crippen LogP contribution in [0.1, 0.15) is 33.7 Å². The zero-order chi connectivity index (χ0) is 21.8. The highest BCUT2D eigenvalue weighted by Crippen LogP contribution is 2.24. The van der Waals surface area contributed by atoms with Gasteiger partial charge >= 0.3 is 0 Å². The van der Waals surface area contributed by atoms with E-state index in [4.69, 9.17) is 4.42 Å². The first-order valence-electron chi connectivity index (χ1n) is 10.5. The number of aryl methyl sites for hydroxylation is 1. The number of rotatable bonds is 4. The van der Waals surface area contributed by atoms with Crippen molar-refractivity contribution in [2.75, 3.05) is 37.4 Å². The molecule has 1 aromatic heterocycles. The minimum Gasteiger partial charge on any atom is -0.458 e. The second-order valence-corrected chi connectivity index (χ2v) is 8.13. The fourth-order valence-corrected chi connectivity index (χ4v) is 3.70. The van der Waals surface area contributed by atoms with Gasteiger partial charge in [-0.05, 0) is 69.9 Å². The van der Waals surface area contributed by atoms with E-state index in [1.165, 1.54) is 17.5 Å². The molecule has 1 fully saturated rings. The molecule has 1 unspecified atom stereocenters. The van der Waals surface area contributed by atoms with Gasteiger partial charge in [0.05, 0.1) is 11.8 Å². The van der Waals surface area contributed by atoms with Crippen molar-refractivity contribution < 1.29 is 9.21 Å². The lowest BCUT2D eigenvalue weighted by atomic mass is 10.1. The topological polar surface area (TPSA) is 48.7 Å². The number of furan rings is 1. The van der Waals surface area contributed by atoms with Gasteiger partial charge in [0, 0.05) is 36.1 Å². The molecule has 2 heterocycles. The molecule has 0 saturated carbocycles. The number of nitrogens with zero attached hydrogens (tertiary/aromatic N) is 2. The van der Waals surface area contributed by atoms with Crippen LogP contribution in [0.5, 0.6) is 0 Å². The zero-order valence-electron chi connectivity index (χ0n) is 18.2. The predicted molar refractivity (Wildman–Crippen MR) is 125 cm³/mol. The van der Waals surface area contributed by atoms with Gasteiger partial charge in [0.1, 0.15) is 0 Å². The van der Waals surface area contributed by atoms with Crippen LogP contribution in [0.15, 0.2) is 65.3 Å². The molecule has 1 atom stereocenters. The molecule has 0 aliphatic carbocycles. The molecule has 0 radical (unpaired) electrons. The minimum atomic E-state index is -0.306. The van der Waals surface area contributed by atoms with Gasteiger partial charge < -0.3 is 19.5 Å². The van der Waals surface area contributed by atoms with Crippen molar-refractivity contribution in [3.63, 3.8) is 0 Å². The molecular formula is C26H27N3O2. The molecular weight excluding hydrogens is 386 g/mol. The summed E-state index contributed by atoms with van der Waals surface area (Å²) in [6, 6.07) is 18.2. The fraction of sp³-hybridized carbons (Fsp3) is 0.269. The number of benzene rings is 2. The molecule has 3 aromatic rings. The van der Waals surface area contributed by atoms with Crippen molar-refractivity contribution in [3.8, 4) is 11.8 Å². The van der Waals surface area contributed by atoms with E-state index in [2.05, 4.69) is 41.1 Å². The van der Waals surface area contributed by atoms with Gasteiger partial charge in [0.25, 0.3) is 5.91 Å². The third kappa shape index (κ3) is 4.99. The van der Waals surface area contributed by atoms with Crippen molar-refractivity contribution in [1.82, 2.24) is 4.90 Å². The van der Waals surface area contributed by atoms with E-state index in [0.29, 0.717) is 11.6 Å². The number of carbonyl (C=O) groups is 1. The molecule has 1 amide bonds. The van der Waals surface area contributed by atoms with Crippen molar-refractivity contribution in [1.29, 1.82) is 0 Å². The Morgan fingerprint density at radius 1 is 1.06 bits per heavy atom. The molecule has 31 heavy (non-hydrogen) atoms. The molecule has 1 N–H and O–H groups in total. The molecule has 5 heteroatoms. The first kappa shape index (κ1) is 20.8. The molecule has 1 aliphatic heterocycles. The predicted octanol–water partition coefficient (Wildman–Crippen LogP) is 4.38. The number of hydrogen-bond acceptors (Lipinski definition) is 4. The van der Waals surface area contributed by atoms with Crippen LogP contribution in [-0.2, 0) is 0 Å². The molecule has 0 bridgehead atoms. The summed E-state index contributed by atoms with van der Waals surface area (Å²) in [5.41, 5.74) is 4.55. The van der Waals surface area contributed by atoms with Gasteiger partial charge in [-0.2, -0.15) is 0 Å². The lowest BCUT2D eigenvalue weighted by Crippen LogP contribution is -2.31. The fourth-order valence-electron chi connectivity index (χ4n) is 3.70. The van der Waals surface area contributed by atoms with Crippen molar-refractivity contribution in [2.24, 2.45) is 0 Å². The van der Waals surface area contributed by atoms with Crippen LogP contribution in [0.2, 0.25) is 0 Å². The number of anilines is 2. The summed E-state index contributed by atoms with van der Waals surface area (Å²) in [5.74, 6) is 6.04. The summed E-state index contributed by atoms with van der Waals surface area (Å²) in [6.45, 7) is 4.10. The Hall–Kier alpha value is -3.49. The highest BCUT2D eigenvalue weighted by atomic mass is 16.3. The van der Waals surface area contributed by atoms with Crippen LogP contribution in [0, 0.1) is 18.8 Å². The normalized spacial score (nSPS) is 15.6. The van der Waals surface area contributed by atoms with Crippen molar-refractivity contribution in [3.05, 3.63) is 83.3 Å². The zero-order valence-corrected chi connectivity index (χ0v) is 18.2. The Bertz CT molecular complexity index is 1100. The maximum atomic E-state index is 12.7. The van der Waals surface area contributed by atoms with Crippen molar-refractivity contribution >= 4 is 17.3 Å². The van der Waals surface area contributed by atoms with Gasteiger partial charge in [0.15, 0.2) is 0 Å². The smallest absolute Gasteiger partial charge is 0.292 e. The van der Waals surface area contributed by atoms with Crippen LogP contribution >= 0.6 is 0 Å². The first-order chi connectivity index (χ1) is 15.0. The Kier molecular flexibility index (Phi) is 6.11. The van der Waals surface area contributed by atoms with E-state index in [-0.39, 0.29) is 11.7 Å². The summed E-state index contributed by atoms with van der Waals surface area (Å²) in [4.78, 5) is 17.4. The highest BCUT2D eigenvalue weighted by molar-refractivity contribution is 6.04.